The number of aryl methyl sites for hydroxylation is 3. The molecule has 7 rings (SSSR count). The molecule has 11 heteroatoms. The monoisotopic (exact) mass is 702 g/mol. The largest absolute Gasteiger partial charge is 0.493 e. The highest BCUT2D eigenvalue weighted by Crippen LogP contribution is 2.45. The lowest BCUT2D eigenvalue weighted by Crippen LogP contribution is -2.37. The molecular weight excluding hydrogens is 659 g/mol. The first-order chi connectivity index (χ1) is 24.4. The van der Waals surface area contributed by atoms with Crippen molar-refractivity contribution in [1.29, 1.82) is 0 Å². The molecule has 0 unspecified atom stereocenters. The van der Waals surface area contributed by atoms with Gasteiger partial charge in [-0.2, -0.15) is 5.10 Å². The lowest BCUT2D eigenvalue weighted by molar-refractivity contribution is 0.00974. The summed E-state index contributed by atoms with van der Waals surface area (Å²) in [4.78, 5) is 15.5. The number of hydrogen-bond acceptors (Lipinski definition) is 6. The van der Waals surface area contributed by atoms with Gasteiger partial charge in [-0.15, -0.1) is 0 Å². The van der Waals surface area contributed by atoms with Crippen LogP contribution in [0.25, 0.3) is 32.8 Å². The number of aromatic nitrogens is 3. The van der Waals surface area contributed by atoms with Gasteiger partial charge >= 0.3 is 5.97 Å². The molecule has 3 aromatic carbocycles. The average molecular weight is 703 g/mol. The van der Waals surface area contributed by atoms with Crippen LogP contribution in [0.1, 0.15) is 66.2 Å². The first kappa shape index (κ1) is 34.5. The van der Waals surface area contributed by atoms with Crippen LogP contribution in [-0.2, 0) is 35.9 Å². The number of rotatable bonds is 10. The Morgan fingerprint density at radius 2 is 1.88 bits per heavy atom. The van der Waals surface area contributed by atoms with Crippen molar-refractivity contribution in [1.82, 2.24) is 19.2 Å². The van der Waals surface area contributed by atoms with Crippen LogP contribution in [0, 0.1) is 5.82 Å². The van der Waals surface area contributed by atoms with Gasteiger partial charge in [0.15, 0.2) is 0 Å². The Kier molecular flexibility index (Phi) is 10.4. The minimum absolute atomic E-state index is 0.242. The van der Waals surface area contributed by atoms with Crippen LogP contribution in [0.5, 0.6) is 5.75 Å². The average Bonchev–Trinajstić information content (AvgIpc) is 3.60. The van der Waals surface area contributed by atoms with Gasteiger partial charge in [0.25, 0.3) is 0 Å². The zero-order valence-electron chi connectivity index (χ0n) is 28.7. The molecule has 0 amide bonds. The fourth-order valence-electron chi connectivity index (χ4n) is 7.74. The second-order valence-corrected chi connectivity index (χ2v) is 13.6. The predicted octanol–water partition coefficient (Wildman–Crippen LogP) is 7.83. The molecule has 0 radical (unpaired) electrons. The zero-order valence-corrected chi connectivity index (χ0v) is 29.5. The molecular formula is C39H44ClFN4O5. The third-order valence-corrected chi connectivity index (χ3v) is 10.4. The van der Waals surface area contributed by atoms with Gasteiger partial charge in [0.05, 0.1) is 36.1 Å². The topological polar surface area (TPSA) is 91.0 Å². The van der Waals surface area contributed by atoms with Gasteiger partial charge in [-0.25, -0.2) is 9.18 Å². The Morgan fingerprint density at radius 3 is 2.68 bits per heavy atom. The number of fused-ring (bicyclic) bond motifs is 3. The molecule has 2 aromatic heterocycles. The maximum absolute atomic E-state index is 13.8. The van der Waals surface area contributed by atoms with Crippen molar-refractivity contribution in [3.8, 4) is 16.9 Å². The van der Waals surface area contributed by atoms with E-state index in [4.69, 9.17) is 30.9 Å². The molecule has 4 heterocycles. The summed E-state index contributed by atoms with van der Waals surface area (Å²) in [5.74, 6) is -0.585. The molecule has 0 saturated carbocycles. The van der Waals surface area contributed by atoms with Crippen LogP contribution in [-0.4, -0.2) is 76.4 Å². The number of carboxylic acids is 1. The molecule has 1 atom stereocenters. The first-order valence-electron chi connectivity index (χ1n) is 17.7. The van der Waals surface area contributed by atoms with Crippen LogP contribution < -0.4 is 4.74 Å². The molecule has 0 spiro atoms. The number of carbonyl (C=O) groups is 1. The Balaban J connectivity index is 1.28. The molecule has 5 aromatic rings. The standard InChI is InChI=1S/C39H44ClFN4O5/c1-3-31-35-34-30(40)14-13-29-28(9-7-21-49-32-10-6-8-25-24-26(41)11-12-27(25)32)38(39(46)47)45(37(29)34)16-4-5-20-50-33(36(35)42-43(31)2)15-17-44-18-22-48-23-19-44/h6,8,10-14,24,33H,3-5,7,9,15-23H2,1-2H3,(H,46,47)/t33-/m1/s1. The summed E-state index contributed by atoms with van der Waals surface area (Å²) in [6.07, 6.45) is 3.88. The summed E-state index contributed by atoms with van der Waals surface area (Å²) in [6.45, 7) is 7.69. The smallest absolute Gasteiger partial charge is 0.352 e. The third-order valence-electron chi connectivity index (χ3n) is 10.1. The lowest BCUT2D eigenvalue weighted by atomic mass is 9.94. The SMILES string of the molecule is CCc1c2c(nn1C)[C@@H](CCN1CCOCC1)OCCCCn1c(C(=O)O)c(CCCOc3cccc4cc(F)ccc34)c3ccc(Cl)c-2c31. The van der Waals surface area contributed by atoms with E-state index in [0.717, 1.165) is 108 Å². The highest BCUT2D eigenvalue weighted by atomic mass is 35.5. The van der Waals surface area contributed by atoms with E-state index >= 15 is 0 Å². The highest BCUT2D eigenvalue weighted by molar-refractivity contribution is 6.35. The Morgan fingerprint density at radius 1 is 1.06 bits per heavy atom. The summed E-state index contributed by atoms with van der Waals surface area (Å²) in [6, 6.07) is 14.1. The minimum atomic E-state index is -0.966. The van der Waals surface area contributed by atoms with Crippen LogP contribution in [0.2, 0.25) is 5.02 Å². The number of hydrogen-bond donors (Lipinski definition) is 1. The van der Waals surface area contributed by atoms with Crippen LogP contribution in [0.3, 0.4) is 0 Å². The summed E-state index contributed by atoms with van der Waals surface area (Å²) in [7, 11) is 1.96. The Labute approximate surface area is 296 Å². The van der Waals surface area contributed by atoms with Crippen LogP contribution in [0.4, 0.5) is 4.39 Å². The molecule has 2 aliphatic rings. The molecule has 9 nitrogen and oxygen atoms in total. The maximum atomic E-state index is 13.8. The van der Waals surface area contributed by atoms with E-state index in [1.807, 2.05) is 46.6 Å². The van der Waals surface area contributed by atoms with E-state index in [1.54, 1.807) is 6.07 Å². The summed E-state index contributed by atoms with van der Waals surface area (Å²) < 4.78 is 36.1. The molecule has 1 fully saturated rings. The predicted molar refractivity (Wildman–Crippen MR) is 193 cm³/mol. The van der Waals surface area contributed by atoms with Crippen molar-refractivity contribution in [3.05, 3.63) is 82.0 Å². The van der Waals surface area contributed by atoms with Crippen molar-refractivity contribution >= 4 is 39.2 Å². The van der Waals surface area contributed by atoms with E-state index < -0.39 is 5.97 Å². The number of halogens is 2. The van der Waals surface area contributed by atoms with Gasteiger partial charge in [0, 0.05) is 67.4 Å². The summed E-state index contributed by atoms with van der Waals surface area (Å²) >= 11 is 7.17. The number of carboxylic acid groups (broad SMARTS) is 1. The Hall–Kier alpha value is -3.96. The molecule has 264 valence electrons. The van der Waals surface area contributed by atoms with Crippen molar-refractivity contribution in [2.45, 2.75) is 58.1 Å². The van der Waals surface area contributed by atoms with E-state index in [2.05, 4.69) is 11.8 Å². The zero-order chi connectivity index (χ0) is 34.8. The summed E-state index contributed by atoms with van der Waals surface area (Å²) in [5.41, 5.74) is 5.54. The number of ether oxygens (including phenoxy) is 3. The van der Waals surface area contributed by atoms with Crippen molar-refractivity contribution < 1.29 is 28.5 Å². The quantitative estimate of drug-likeness (QED) is 0.148. The van der Waals surface area contributed by atoms with E-state index in [1.165, 1.54) is 12.1 Å². The van der Waals surface area contributed by atoms with Gasteiger partial charge < -0.3 is 23.9 Å². The van der Waals surface area contributed by atoms with Gasteiger partial charge in [0.2, 0.25) is 0 Å². The van der Waals surface area contributed by atoms with Crippen molar-refractivity contribution in [3.63, 3.8) is 0 Å². The first-order valence-corrected chi connectivity index (χ1v) is 18.1. The lowest BCUT2D eigenvalue weighted by Gasteiger charge is -2.28. The van der Waals surface area contributed by atoms with E-state index in [9.17, 15) is 14.3 Å². The molecule has 1 saturated heterocycles. The minimum Gasteiger partial charge on any atom is -0.493 e. The van der Waals surface area contributed by atoms with E-state index in [0.29, 0.717) is 43.4 Å². The molecule has 50 heavy (non-hydrogen) atoms. The molecule has 1 N–H and O–H groups in total. The number of morpholine rings is 1. The van der Waals surface area contributed by atoms with Crippen LogP contribution >= 0.6 is 11.6 Å². The summed E-state index contributed by atoms with van der Waals surface area (Å²) in [5, 5.41) is 18.9. The van der Waals surface area contributed by atoms with Crippen LogP contribution in [0.15, 0.2) is 48.5 Å². The van der Waals surface area contributed by atoms with Crippen molar-refractivity contribution in [2.75, 3.05) is 46.1 Å². The molecule has 0 bridgehead atoms. The van der Waals surface area contributed by atoms with Gasteiger partial charge in [-0.05, 0) is 79.8 Å². The second-order valence-electron chi connectivity index (χ2n) is 13.2. The molecule has 2 aliphatic heterocycles. The van der Waals surface area contributed by atoms with Gasteiger partial charge in [-0.1, -0.05) is 36.7 Å². The Bertz CT molecular complexity index is 2020. The van der Waals surface area contributed by atoms with E-state index in [-0.39, 0.29) is 17.6 Å². The van der Waals surface area contributed by atoms with Crippen molar-refractivity contribution in [2.24, 2.45) is 7.05 Å². The van der Waals surface area contributed by atoms with Gasteiger partial charge in [-0.3, -0.25) is 9.58 Å². The number of benzene rings is 3. The second kappa shape index (κ2) is 15.1. The normalized spacial score (nSPS) is 17.2. The highest BCUT2D eigenvalue weighted by Gasteiger charge is 2.32. The third kappa shape index (κ3) is 6.74. The molecule has 0 aliphatic carbocycles. The number of aromatic carboxylic acids is 1. The fourth-order valence-corrected chi connectivity index (χ4v) is 7.99. The maximum Gasteiger partial charge on any atom is 0.352 e. The van der Waals surface area contributed by atoms with Gasteiger partial charge in [0.1, 0.15) is 23.4 Å². The number of nitrogens with zero attached hydrogens (tertiary/aromatic N) is 4. The fraction of sp³-hybridized carbons (Fsp3) is 0.436.